The minimum atomic E-state index is -0.349. The second-order valence-corrected chi connectivity index (χ2v) is 3.76. The van der Waals surface area contributed by atoms with Gasteiger partial charge in [-0.1, -0.05) is 0 Å². The van der Waals surface area contributed by atoms with Gasteiger partial charge in [-0.3, -0.25) is 0 Å². The predicted molar refractivity (Wildman–Crippen MR) is 68.2 cm³/mol. The molecule has 0 spiro atoms. The van der Waals surface area contributed by atoms with Gasteiger partial charge in [0, 0.05) is 19.6 Å². The lowest BCUT2D eigenvalue weighted by atomic mass is 10.4. The molecule has 0 bridgehead atoms. The van der Waals surface area contributed by atoms with Gasteiger partial charge in [0.1, 0.15) is 0 Å². The molecule has 0 aliphatic heterocycles. The number of ether oxygens (including phenoxy) is 2. The lowest BCUT2D eigenvalue weighted by Crippen LogP contribution is -2.29. The number of aliphatic hydroxyl groups excluding tert-OH is 1. The number of nitrogens with one attached hydrogen (secondary N) is 2. The third-order valence-corrected chi connectivity index (χ3v) is 2.12. The van der Waals surface area contributed by atoms with Crippen LogP contribution in [0.1, 0.15) is 6.92 Å². The summed E-state index contributed by atoms with van der Waals surface area (Å²) in [6.07, 6.45) is -0.349. The SMILES string of the molecule is COc1cc(OC)nc(NCCNCC(C)O)n1. The third kappa shape index (κ3) is 5.15. The van der Waals surface area contributed by atoms with E-state index < -0.39 is 0 Å². The monoisotopic (exact) mass is 256 g/mol. The van der Waals surface area contributed by atoms with Crippen LogP contribution in [0, 0.1) is 0 Å². The van der Waals surface area contributed by atoms with Crippen molar-refractivity contribution in [2.75, 3.05) is 39.2 Å². The van der Waals surface area contributed by atoms with E-state index in [0.29, 0.717) is 37.3 Å². The van der Waals surface area contributed by atoms with Crippen LogP contribution in [0.15, 0.2) is 6.07 Å². The molecule has 1 aromatic heterocycles. The largest absolute Gasteiger partial charge is 0.481 e. The molecule has 0 saturated heterocycles. The molecule has 1 heterocycles. The van der Waals surface area contributed by atoms with E-state index in [2.05, 4.69) is 20.6 Å². The first kappa shape index (κ1) is 14.5. The van der Waals surface area contributed by atoms with E-state index in [0.717, 1.165) is 0 Å². The van der Waals surface area contributed by atoms with Gasteiger partial charge in [0.2, 0.25) is 17.7 Å². The first-order chi connectivity index (χ1) is 8.65. The van der Waals surface area contributed by atoms with E-state index in [-0.39, 0.29) is 6.10 Å². The zero-order valence-corrected chi connectivity index (χ0v) is 10.9. The van der Waals surface area contributed by atoms with Gasteiger partial charge in [0.25, 0.3) is 0 Å². The maximum absolute atomic E-state index is 9.06. The van der Waals surface area contributed by atoms with Crippen LogP contribution in [0.25, 0.3) is 0 Å². The lowest BCUT2D eigenvalue weighted by Gasteiger charge is -2.09. The van der Waals surface area contributed by atoms with Crippen LogP contribution in [-0.2, 0) is 0 Å². The highest BCUT2D eigenvalue weighted by Gasteiger charge is 2.04. The van der Waals surface area contributed by atoms with Gasteiger partial charge >= 0.3 is 0 Å². The Labute approximate surface area is 107 Å². The van der Waals surface area contributed by atoms with Crippen LogP contribution in [0.4, 0.5) is 5.95 Å². The Kier molecular flexibility index (Phi) is 6.16. The maximum atomic E-state index is 9.06. The third-order valence-electron chi connectivity index (χ3n) is 2.12. The van der Waals surface area contributed by atoms with Crippen molar-refractivity contribution in [1.29, 1.82) is 0 Å². The smallest absolute Gasteiger partial charge is 0.229 e. The fraction of sp³-hybridized carbons (Fsp3) is 0.636. The Morgan fingerprint density at radius 3 is 2.33 bits per heavy atom. The molecule has 0 radical (unpaired) electrons. The summed E-state index contributed by atoms with van der Waals surface area (Å²) >= 11 is 0. The molecule has 0 aliphatic carbocycles. The molecule has 1 unspecified atom stereocenters. The highest BCUT2D eigenvalue weighted by molar-refractivity contribution is 5.33. The summed E-state index contributed by atoms with van der Waals surface area (Å²) in [5, 5.41) is 15.2. The standard InChI is InChI=1S/C11H20N4O3/c1-8(16)7-12-4-5-13-11-14-9(17-2)6-10(15-11)18-3/h6,8,12,16H,4-5,7H2,1-3H3,(H,13,14,15). The van der Waals surface area contributed by atoms with Crippen molar-refractivity contribution in [3.8, 4) is 11.8 Å². The highest BCUT2D eigenvalue weighted by atomic mass is 16.5. The Morgan fingerprint density at radius 1 is 1.22 bits per heavy atom. The number of methoxy groups -OCH3 is 2. The molecule has 0 aliphatic rings. The average Bonchev–Trinajstić information content (AvgIpc) is 2.37. The fourth-order valence-electron chi connectivity index (χ4n) is 1.27. The Balaban J connectivity index is 2.41. The van der Waals surface area contributed by atoms with Crippen LogP contribution < -0.4 is 20.1 Å². The molecule has 0 amide bonds. The number of hydrogen-bond acceptors (Lipinski definition) is 7. The van der Waals surface area contributed by atoms with Gasteiger partial charge in [-0.2, -0.15) is 9.97 Å². The van der Waals surface area contributed by atoms with Crippen molar-refractivity contribution in [2.24, 2.45) is 0 Å². The van der Waals surface area contributed by atoms with Crippen LogP contribution in [-0.4, -0.2) is 55.0 Å². The molecule has 7 heteroatoms. The molecule has 0 aromatic carbocycles. The highest BCUT2D eigenvalue weighted by Crippen LogP contribution is 2.16. The second kappa shape index (κ2) is 7.67. The number of anilines is 1. The summed E-state index contributed by atoms with van der Waals surface area (Å²) in [7, 11) is 3.07. The zero-order chi connectivity index (χ0) is 13.4. The molecule has 7 nitrogen and oxygen atoms in total. The van der Waals surface area contributed by atoms with Gasteiger partial charge in [-0.25, -0.2) is 0 Å². The molecule has 1 atom stereocenters. The predicted octanol–water partition coefficient (Wildman–Crippen LogP) is -0.124. The van der Waals surface area contributed by atoms with Crippen molar-refractivity contribution >= 4 is 5.95 Å². The van der Waals surface area contributed by atoms with E-state index in [1.165, 1.54) is 14.2 Å². The number of rotatable bonds is 8. The molecule has 0 saturated carbocycles. The molecule has 3 N–H and O–H groups in total. The number of aromatic nitrogens is 2. The molecular formula is C11H20N4O3. The first-order valence-electron chi connectivity index (χ1n) is 5.75. The second-order valence-electron chi connectivity index (χ2n) is 3.76. The van der Waals surface area contributed by atoms with Crippen LogP contribution >= 0.6 is 0 Å². The van der Waals surface area contributed by atoms with E-state index in [9.17, 15) is 0 Å². The Morgan fingerprint density at radius 2 is 1.83 bits per heavy atom. The molecule has 1 rings (SSSR count). The lowest BCUT2D eigenvalue weighted by molar-refractivity contribution is 0.192. The first-order valence-corrected chi connectivity index (χ1v) is 5.75. The van der Waals surface area contributed by atoms with Gasteiger partial charge in [0.15, 0.2) is 0 Å². The number of hydrogen-bond donors (Lipinski definition) is 3. The summed E-state index contributed by atoms with van der Waals surface area (Å²) in [5.74, 6) is 1.34. The molecular weight excluding hydrogens is 236 g/mol. The van der Waals surface area contributed by atoms with Crippen molar-refractivity contribution < 1.29 is 14.6 Å². The van der Waals surface area contributed by atoms with Crippen LogP contribution in [0.3, 0.4) is 0 Å². The van der Waals surface area contributed by atoms with Crippen molar-refractivity contribution in [1.82, 2.24) is 15.3 Å². The zero-order valence-electron chi connectivity index (χ0n) is 10.9. The maximum Gasteiger partial charge on any atom is 0.229 e. The van der Waals surface area contributed by atoms with Gasteiger partial charge in [-0.15, -0.1) is 0 Å². The van der Waals surface area contributed by atoms with E-state index in [4.69, 9.17) is 14.6 Å². The normalized spacial score (nSPS) is 12.0. The summed E-state index contributed by atoms with van der Waals surface area (Å²) in [5.41, 5.74) is 0. The van der Waals surface area contributed by atoms with Crippen molar-refractivity contribution in [3.63, 3.8) is 0 Å². The van der Waals surface area contributed by atoms with Gasteiger partial charge in [0.05, 0.1) is 26.4 Å². The van der Waals surface area contributed by atoms with Crippen LogP contribution in [0.2, 0.25) is 0 Å². The van der Waals surface area contributed by atoms with Crippen molar-refractivity contribution in [3.05, 3.63) is 6.07 Å². The minimum absolute atomic E-state index is 0.349. The molecule has 102 valence electrons. The topological polar surface area (TPSA) is 88.5 Å². The quantitative estimate of drug-likeness (QED) is 0.559. The van der Waals surface area contributed by atoms with Gasteiger partial charge in [-0.05, 0) is 6.92 Å². The summed E-state index contributed by atoms with van der Waals surface area (Å²) in [6, 6.07) is 1.61. The van der Waals surface area contributed by atoms with Crippen LogP contribution in [0.5, 0.6) is 11.8 Å². The van der Waals surface area contributed by atoms with Crippen molar-refractivity contribution in [2.45, 2.75) is 13.0 Å². The Hall–Kier alpha value is -1.60. The van der Waals surface area contributed by atoms with E-state index >= 15 is 0 Å². The summed E-state index contributed by atoms with van der Waals surface area (Å²) in [4.78, 5) is 8.26. The number of nitrogens with zero attached hydrogens (tertiary/aromatic N) is 2. The van der Waals surface area contributed by atoms with Gasteiger partial charge < -0.3 is 25.2 Å². The fourth-order valence-corrected chi connectivity index (χ4v) is 1.27. The minimum Gasteiger partial charge on any atom is -0.481 e. The summed E-state index contributed by atoms with van der Waals surface area (Å²) in [6.45, 7) is 3.64. The van der Waals surface area contributed by atoms with E-state index in [1.54, 1.807) is 13.0 Å². The Bertz CT molecular complexity index is 338. The van der Waals surface area contributed by atoms with E-state index in [1.807, 2.05) is 0 Å². The molecule has 1 aromatic rings. The molecule has 0 fully saturated rings. The average molecular weight is 256 g/mol. The summed E-state index contributed by atoms with van der Waals surface area (Å²) < 4.78 is 10.1. The molecule has 18 heavy (non-hydrogen) atoms. The number of aliphatic hydroxyl groups is 1.